The van der Waals surface area contributed by atoms with Crippen LogP contribution in [0.2, 0.25) is 10.0 Å². The highest BCUT2D eigenvalue weighted by atomic mass is 35.5. The highest BCUT2D eigenvalue weighted by Gasteiger charge is 2.18. The third kappa shape index (κ3) is 6.78. The first kappa shape index (κ1) is 27.8. The van der Waals surface area contributed by atoms with E-state index in [0.717, 1.165) is 16.7 Å². The van der Waals surface area contributed by atoms with E-state index in [0.29, 0.717) is 33.4 Å². The lowest BCUT2D eigenvalue weighted by Gasteiger charge is -2.21. The molecule has 38 heavy (non-hydrogen) atoms. The Hall–Kier alpha value is -3.26. The molecule has 4 rings (SSSR count). The lowest BCUT2D eigenvalue weighted by molar-refractivity contribution is -0.122. The SMILES string of the molecule is CC(C)NC(=O)Cn1c(-c2cccc(Cl)c2)nc2ncc(-c3cc(Cl)cc(CNC(C)(C)C)c3)cc2c1=O. The number of rotatable bonds is 7. The van der Waals surface area contributed by atoms with Crippen LogP contribution in [0.1, 0.15) is 40.2 Å². The zero-order valence-corrected chi connectivity index (χ0v) is 23.6. The van der Waals surface area contributed by atoms with Gasteiger partial charge in [0, 0.05) is 45.5 Å². The number of carbonyl (C=O) groups is 1. The van der Waals surface area contributed by atoms with E-state index < -0.39 is 0 Å². The van der Waals surface area contributed by atoms with E-state index in [4.69, 9.17) is 23.2 Å². The van der Waals surface area contributed by atoms with Crippen LogP contribution in [0.3, 0.4) is 0 Å². The summed E-state index contributed by atoms with van der Waals surface area (Å²) in [6.07, 6.45) is 1.68. The second-order valence-corrected chi connectivity index (χ2v) is 11.5. The van der Waals surface area contributed by atoms with Gasteiger partial charge in [0.25, 0.3) is 5.56 Å². The van der Waals surface area contributed by atoms with Crippen LogP contribution in [0, 0.1) is 0 Å². The summed E-state index contributed by atoms with van der Waals surface area (Å²) in [6.45, 7) is 10.5. The van der Waals surface area contributed by atoms with Crippen LogP contribution in [0.25, 0.3) is 33.5 Å². The van der Waals surface area contributed by atoms with E-state index in [9.17, 15) is 9.59 Å². The number of halogens is 2. The molecule has 0 aliphatic rings. The number of hydrogen-bond donors (Lipinski definition) is 2. The average molecular weight is 553 g/mol. The van der Waals surface area contributed by atoms with E-state index in [-0.39, 0.29) is 35.2 Å². The maximum Gasteiger partial charge on any atom is 0.263 e. The van der Waals surface area contributed by atoms with Gasteiger partial charge >= 0.3 is 0 Å². The summed E-state index contributed by atoms with van der Waals surface area (Å²) in [5, 5.41) is 7.69. The Kier molecular flexibility index (Phi) is 8.21. The Labute approximate surface area is 232 Å². The number of pyridine rings is 1. The Morgan fingerprint density at radius 1 is 1.00 bits per heavy atom. The largest absolute Gasteiger partial charge is 0.352 e. The predicted molar refractivity (Wildman–Crippen MR) is 155 cm³/mol. The van der Waals surface area contributed by atoms with Crippen molar-refractivity contribution < 1.29 is 4.79 Å². The smallest absolute Gasteiger partial charge is 0.263 e. The third-order valence-corrected chi connectivity index (χ3v) is 6.21. The van der Waals surface area contributed by atoms with Gasteiger partial charge in [-0.15, -0.1) is 0 Å². The van der Waals surface area contributed by atoms with Crippen LogP contribution in [0.4, 0.5) is 0 Å². The summed E-state index contributed by atoms with van der Waals surface area (Å²) in [5.74, 6) is 0.0314. The number of hydrogen-bond acceptors (Lipinski definition) is 5. The number of fused-ring (bicyclic) bond motifs is 1. The lowest BCUT2D eigenvalue weighted by atomic mass is 10.0. The van der Waals surface area contributed by atoms with Crippen molar-refractivity contribution in [1.29, 1.82) is 0 Å². The summed E-state index contributed by atoms with van der Waals surface area (Å²) in [4.78, 5) is 35.7. The minimum absolute atomic E-state index is 0.0493. The molecular weight excluding hydrogens is 521 g/mol. The maximum atomic E-state index is 13.8. The van der Waals surface area contributed by atoms with Crippen molar-refractivity contribution in [3.63, 3.8) is 0 Å². The molecule has 0 bridgehead atoms. The molecule has 4 aromatic rings. The molecule has 198 valence electrons. The van der Waals surface area contributed by atoms with Crippen LogP contribution < -0.4 is 16.2 Å². The lowest BCUT2D eigenvalue weighted by Crippen LogP contribution is -2.37. The van der Waals surface area contributed by atoms with E-state index in [1.165, 1.54) is 4.57 Å². The average Bonchev–Trinajstić information content (AvgIpc) is 2.83. The van der Waals surface area contributed by atoms with E-state index in [2.05, 4.69) is 41.4 Å². The molecule has 7 nitrogen and oxygen atoms in total. The van der Waals surface area contributed by atoms with Crippen LogP contribution in [0.15, 0.2) is 59.5 Å². The summed E-state index contributed by atoms with van der Waals surface area (Å²) >= 11 is 12.7. The van der Waals surface area contributed by atoms with Gasteiger partial charge in [-0.3, -0.25) is 14.2 Å². The van der Waals surface area contributed by atoms with Crippen molar-refractivity contribution in [2.75, 3.05) is 0 Å². The molecular formula is C29H31Cl2N5O2. The van der Waals surface area contributed by atoms with Gasteiger partial charge in [-0.1, -0.05) is 35.3 Å². The third-order valence-electron chi connectivity index (χ3n) is 5.76. The molecule has 2 aromatic heterocycles. The number of carbonyl (C=O) groups excluding carboxylic acids is 1. The summed E-state index contributed by atoms with van der Waals surface area (Å²) < 4.78 is 1.37. The summed E-state index contributed by atoms with van der Waals surface area (Å²) in [7, 11) is 0. The first-order valence-electron chi connectivity index (χ1n) is 12.4. The highest BCUT2D eigenvalue weighted by molar-refractivity contribution is 6.31. The molecule has 0 atom stereocenters. The predicted octanol–water partition coefficient (Wildman–Crippen LogP) is 5.85. The first-order chi connectivity index (χ1) is 17.9. The quantitative estimate of drug-likeness (QED) is 0.301. The van der Waals surface area contributed by atoms with Gasteiger partial charge in [0.1, 0.15) is 12.4 Å². The van der Waals surface area contributed by atoms with Crippen LogP contribution in [0.5, 0.6) is 0 Å². The molecule has 0 aliphatic carbocycles. The topological polar surface area (TPSA) is 88.9 Å². The number of nitrogens with zero attached hydrogens (tertiary/aromatic N) is 3. The van der Waals surface area contributed by atoms with Crippen molar-refractivity contribution in [3.05, 3.63) is 80.7 Å². The molecule has 1 amide bonds. The van der Waals surface area contributed by atoms with Crippen molar-refractivity contribution in [3.8, 4) is 22.5 Å². The molecule has 0 radical (unpaired) electrons. The van der Waals surface area contributed by atoms with Gasteiger partial charge in [0.15, 0.2) is 5.65 Å². The Balaban J connectivity index is 1.84. The molecule has 0 aliphatic heterocycles. The fourth-order valence-electron chi connectivity index (χ4n) is 4.06. The second kappa shape index (κ2) is 11.2. The van der Waals surface area contributed by atoms with Gasteiger partial charge in [-0.05, 0) is 82.1 Å². The normalized spacial score (nSPS) is 11.8. The molecule has 0 saturated heterocycles. The van der Waals surface area contributed by atoms with Gasteiger partial charge in [-0.25, -0.2) is 9.97 Å². The Bertz CT molecular complexity index is 1560. The Morgan fingerprint density at radius 2 is 1.74 bits per heavy atom. The molecule has 0 unspecified atom stereocenters. The fraction of sp³-hybridized carbons (Fsp3) is 0.310. The minimum Gasteiger partial charge on any atom is -0.352 e. The van der Waals surface area contributed by atoms with Crippen LogP contribution in [-0.4, -0.2) is 32.0 Å². The number of nitrogens with one attached hydrogen (secondary N) is 2. The summed E-state index contributed by atoms with van der Waals surface area (Å²) in [5.41, 5.74) is 3.06. The first-order valence-corrected chi connectivity index (χ1v) is 13.2. The molecule has 2 N–H and O–H groups in total. The molecule has 9 heteroatoms. The highest BCUT2D eigenvalue weighted by Crippen LogP contribution is 2.27. The van der Waals surface area contributed by atoms with Crippen LogP contribution >= 0.6 is 23.2 Å². The maximum absolute atomic E-state index is 13.8. The molecule has 0 spiro atoms. The molecule has 2 aromatic carbocycles. The van der Waals surface area contributed by atoms with Gasteiger partial charge in [0.05, 0.1) is 5.39 Å². The van der Waals surface area contributed by atoms with Crippen molar-refractivity contribution in [2.24, 2.45) is 0 Å². The molecule has 0 fully saturated rings. The van der Waals surface area contributed by atoms with E-state index in [1.807, 2.05) is 32.0 Å². The number of benzene rings is 2. The van der Waals surface area contributed by atoms with Gasteiger partial charge < -0.3 is 10.6 Å². The second-order valence-electron chi connectivity index (χ2n) is 10.6. The van der Waals surface area contributed by atoms with Crippen molar-refractivity contribution in [1.82, 2.24) is 25.2 Å². The number of aromatic nitrogens is 3. The molecule has 2 heterocycles. The molecule has 0 saturated carbocycles. The zero-order chi connectivity index (χ0) is 27.6. The number of amides is 1. The standard InChI is InChI=1S/C29H31Cl2N5O2/c1-17(2)34-25(37)16-36-27(19-7-6-8-22(30)11-19)35-26-24(28(36)38)13-21(15-32-26)20-9-18(10-23(31)12-20)14-33-29(3,4)5/h6-13,15,17,33H,14,16H2,1-5H3,(H,34,37). The monoisotopic (exact) mass is 551 g/mol. The van der Waals surface area contributed by atoms with Crippen LogP contribution in [-0.2, 0) is 17.9 Å². The van der Waals surface area contributed by atoms with Crippen molar-refractivity contribution >= 4 is 40.1 Å². The zero-order valence-electron chi connectivity index (χ0n) is 22.1. The van der Waals surface area contributed by atoms with Gasteiger partial charge in [0.2, 0.25) is 5.91 Å². The van der Waals surface area contributed by atoms with Crippen molar-refractivity contribution in [2.45, 2.75) is 59.3 Å². The minimum atomic E-state index is -0.366. The van der Waals surface area contributed by atoms with Gasteiger partial charge in [-0.2, -0.15) is 0 Å². The van der Waals surface area contributed by atoms with E-state index >= 15 is 0 Å². The fourth-order valence-corrected chi connectivity index (χ4v) is 4.50. The summed E-state index contributed by atoms with van der Waals surface area (Å²) in [6, 6.07) is 14.5. The Morgan fingerprint density at radius 3 is 2.42 bits per heavy atom. The van der Waals surface area contributed by atoms with E-state index in [1.54, 1.807) is 36.5 Å².